The van der Waals surface area contributed by atoms with Gasteiger partial charge in [0.15, 0.2) is 0 Å². The molecule has 3 heterocycles. The van der Waals surface area contributed by atoms with E-state index in [1.807, 2.05) is 17.0 Å². The minimum absolute atomic E-state index is 0.0587. The van der Waals surface area contributed by atoms with Crippen molar-refractivity contribution in [2.75, 3.05) is 6.54 Å². The van der Waals surface area contributed by atoms with Crippen LogP contribution in [0.25, 0.3) is 5.65 Å². The molecular weight excluding hydrogens is 293 g/mol. The van der Waals surface area contributed by atoms with Gasteiger partial charge in [-0.2, -0.15) is 0 Å². The van der Waals surface area contributed by atoms with E-state index in [-0.39, 0.29) is 18.1 Å². The maximum atomic E-state index is 13.2. The van der Waals surface area contributed by atoms with E-state index >= 15 is 0 Å². The quantitative estimate of drug-likeness (QED) is 0.730. The summed E-state index contributed by atoms with van der Waals surface area (Å²) in [4.78, 5) is 18.8. The second-order valence-corrected chi connectivity index (χ2v) is 5.86. The number of carbonyl (C=O) groups excluding carboxylic acids is 1. The lowest BCUT2D eigenvalue weighted by Gasteiger charge is -2.28. The number of imidazole rings is 1. The second-order valence-electron chi connectivity index (χ2n) is 5.86. The minimum atomic E-state index is -0.319. The normalized spacial score (nSPS) is 14.0. The Bertz CT molecular complexity index is 887. The van der Waals surface area contributed by atoms with Crippen LogP contribution in [0.5, 0.6) is 0 Å². The zero-order chi connectivity index (χ0) is 15.8. The summed E-state index contributed by atoms with van der Waals surface area (Å²) >= 11 is 0. The first-order valence-electron chi connectivity index (χ1n) is 7.67. The molecule has 5 heteroatoms. The fourth-order valence-corrected chi connectivity index (χ4v) is 3.08. The van der Waals surface area contributed by atoms with Gasteiger partial charge in [0.25, 0.3) is 0 Å². The summed E-state index contributed by atoms with van der Waals surface area (Å²) in [6, 6.07) is 11.2. The van der Waals surface area contributed by atoms with Crippen LogP contribution in [0, 0.1) is 5.82 Å². The van der Waals surface area contributed by atoms with Crippen LogP contribution >= 0.6 is 0 Å². The van der Waals surface area contributed by atoms with Crippen molar-refractivity contribution >= 4 is 11.6 Å². The Morgan fingerprint density at radius 3 is 2.83 bits per heavy atom. The van der Waals surface area contributed by atoms with Crippen molar-refractivity contribution in [2.45, 2.75) is 19.4 Å². The number of rotatable bonds is 2. The second kappa shape index (κ2) is 5.50. The molecule has 1 aliphatic rings. The molecule has 1 aliphatic heterocycles. The average Bonchev–Trinajstić information content (AvgIpc) is 2.95. The topological polar surface area (TPSA) is 37.6 Å². The number of fused-ring (bicyclic) bond motifs is 2. The van der Waals surface area contributed by atoms with Crippen LogP contribution in [0.3, 0.4) is 0 Å². The summed E-state index contributed by atoms with van der Waals surface area (Å²) < 4.78 is 14.8. The largest absolute Gasteiger partial charge is 0.338 e. The fourth-order valence-electron chi connectivity index (χ4n) is 3.08. The van der Waals surface area contributed by atoms with E-state index < -0.39 is 0 Å². The zero-order valence-electron chi connectivity index (χ0n) is 12.6. The predicted molar refractivity (Wildman–Crippen MR) is 84.4 cm³/mol. The van der Waals surface area contributed by atoms with Gasteiger partial charge in [-0.05, 0) is 29.7 Å². The Morgan fingerprint density at radius 2 is 1.96 bits per heavy atom. The van der Waals surface area contributed by atoms with E-state index in [1.54, 1.807) is 16.7 Å². The first-order chi connectivity index (χ1) is 11.2. The molecule has 116 valence electrons. The van der Waals surface area contributed by atoms with Crippen molar-refractivity contribution in [3.05, 3.63) is 71.4 Å². The van der Waals surface area contributed by atoms with E-state index in [9.17, 15) is 9.18 Å². The number of pyridine rings is 1. The van der Waals surface area contributed by atoms with Crippen LogP contribution in [0.1, 0.15) is 16.8 Å². The third kappa shape index (κ3) is 2.70. The molecule has 4 rings (SSSR count). The minimum Gasteiger partial charge on any atom is -0.338 e. The van der Waals surface area contributed by atoms with Gasteiger partial charge in [0, 0.05) is 25.5 Å². The van der Waals surface area contributed by atoms with E-state index in [1.165, 1.54) is 23.4 Å². The van der Waals surface area contributed by atoms with Gasteiger partial charge in [0.2, 0.25) is 5.91 Å². The lowest BCUT2D eigenvalue weighted by molar-refractivity contribution is -0.131. The number of carbonyl (C=O) groups is 1. The standard InChI is InChI=1S/C18H16FN3O/c19-15-5-6-17-20-16(12-22(17)11-15)9-18(23)21-8-7-13-3-1-2-4-14(13)10-21/h1-6,11-12H,7-10H2. The Labute approximate surface area is 133 Å². The zero-order valence-corrected chi connectivity index (χ0v) is 12.6. The van der Waals surface area contributed by atoms with Crippen molar-refractivity contribution in [1.29, 1.82) is 0 Å². The molecule has 0 aliphatic carbocycles. The molecule has 0 N–H and O–H groups in total. The lowest BCUT2D eigenvalue weighted by atomic mass is 10.00. The van der Waals surface area contributed by atoms with Crippen molar-refractivity contribution in [3.8, 4) is 0 Å². The Morgan fingerprint density at radius 1 is 1.13 bits per heavy atom. The highest BCUT2D eigenvalue weighted by atomic mass is 19.1. The van der Waals surface area contributed by atoms with Gasteiger partial charge in [-0.3, -0.25) is 4.79 Å². The van der Waals surface area contributed by atoms with Gasteiger partial charge in [0.1, 0.15) is 11.5 Å². The molecule has 0 radical (unpaired) electrons. The maximum absolute atomic E-state index is 13.2. The molecule has 2 aromatic heterocycles. The molecule has 1 amide bonds. The molecule has 0 unspecified atom stereocenters. The molecule has 4 nitrogen and oxygen atoms in total. The van der Waals surface area contributed by atoms with Gasteiger partial charge >= 0.3 is 0 Å². The van der Waals surface area contributed by atoms with Crippen molar-refractivity contribution in [3.63, 3.8) is 0 Å². The SMILES string of the molecule is O=C(Cc1cn2cc(F)ccc2n1)N1CCc2ccccc2C1. The van der Waals surface area contributed by atoms with Gasteiger partial charge in [-0.15, -0.1) is 0 Å². The Hall–Kier alpha value is -2.69. The summed E-state index contributed by atoms with van der Waals surface area (Å²) in [6.07, 6.45) is 4.21. The van der Waals surface area contributed by atoms with Gasteiger partial charge in [-0.25, -0.2) is 9.37 Å². The molecule has 0 spiro atoms. The molecule has 23 heavy (non-hydrogen) atoms. The number of hydrogen-bond donors (Lipinski definition) is 0. The monoisotopic (exact) mass is 309 g/mol. The number of amides is 1. The Kier molecular flexibility index (Phi) is 3.33. The number of hydrogen-bond acceptors (Lipinski definition) is 2. The lowest BCUT2D eigenvalue weighted by Crippen LogP contribution is -2.36. The third-order valence-corrected chi connectivity index (χ3v) is 4.28. The highest BCUT2D eigenvalue weighted by Gasteiger charge is 2.21. The van der Waals surface area contributed by atoms with E-state index in [2.05, 4.69) is 17.1 Å². The molecule has 0 atom stereocenters. The van der Waals surface area contributed by atoms with Gasteiger partial charge in [0.05, 0.1) is 12.1 Å². The third-order valence-electron chi connectivity index (χ3n) is 4.28. The molecule has 1 aromatic carbocycles. The average molecular weight is 309 g/mol. The number of benzene rings is 1. The van der Waals surface area contributed by atoms with Crippen LogP contribution in [0.2, 0.25) is 0 Å². The molecule has 0 bridgehead atoms. The molecule has 3 aromatic rings. The summed E-state index contributed by atoms with van der Waals surface area (Å²) in [5.74, 6) is -0.260. The van der Waals surface area contributed by atoms with Gasteiger partial charge in [-0.1, -0.05) is 24.3 Å². The molecule has 0 saturated carbocycles. The van der Waals surface area contributed by atoms with E-state index in [0.29, 0.717) is 17.9 Å². The summed E-state index contributed by atoms with van der Waals surface area (Å²) in [5, 5.41) is 0. The van der Waals surface area contributed by atoms with Crippen LogP contribution < -0.4 is 0 Å². The summed E-state index contributed by atoms with van der Waals surface area (Å²) in [7, 11) is 0. The smallest absolute Gasteiger partial charge is 0.228 e. The van der Waals surface area contributed by atoms with E-state index in [0.717, 1.165) is 13.0 Å². The maximum Gasteiger partial charge on any atom is 0.228 e. The molecular formula is C18H16FN3O. The first kappa shape index (κ1) is 13.9. The highest BCUT2D eigenvalue weighted by Crippen LogP contribution is 2.19. The van der Waals surface area contributed by atoms with Crippen molar-refractivity contribution in [2.24, 2.45) is 0 Å². The van der Waals surface area contributed by atoms with Crippen LogP contribution in [-0.4, -0.2) is 26.7 Å². The summed E-state index contributed by atoms with van der Waals surface area (Å²) in [6.45, 7) is 1.38. The van der Waals surface area contributed by atoms with Crippen LogP contribution in [0.15, 0.2) is 48.8 Å². The number of nitrogens with zero attached hydrogens (tertiary/aromatic N) is 3. The number of halogens is 1. The number of aromatic nitrogens is 2. The van der Waals surface area contributed by atoms with Gasteiger partial charge < -0.3 is 9.30 Å². The predicted octanol–water partition coefficient (Wildman–Crippen LogP) is 2.60. The van der Waals surface area contributed by atoms with Crippen molar-refractivity contribution < 1.29 is 9.18 Å². The first-order valence-corrected chi connectivity index (χ1v) is 7.67. The molecule has 0 saturated heterocycles. The molecule has 0 fully saturated rings. The van der Waals surface area contributed by atoms with Crippen LogP contribution in [-0.2, 0) is 24.2 Å². The van der Waals surface area contributed by atoms with Crippen LogP contribution in [0.4, 0.5) is 4.39 Å². The summed E-state index contributed by atoms with van der Waals surface area (Å²) in [5.41, 5.74) is 3.85. The highest BCUT2D eigenvalue weighted by molar-refractivity contribution is 5.78. The fraction of sp³-hybridized carbons (Fsp3) is 0.222. The Balaban J connectivity index is 1.51. The van der Waals surface area contributed by atoms with E-state index in [4.69, 9.17) is 0 Å². The van der Waals surface area contributed by atoms with Crippen molar-refractivity contribution in [1.82, 2.24) is 14.3 Å².